The maximum absolute atomic E-state index is 2.45. The Labute approximate surface area is 191 Å². The molecule has 3 aliphatic carbocycles. The lowest BCUT2D eigenvalue weighted by Gasteiger charge is -2.13. The van der Waals surface area contributed by atoms with E-state index >= 15 is 0 Å². The van der Waals surface area contributed by atoms with Crippen molar-refractivity contribution < 1.29 is 0 Å². The molecule has 1 aliphatic heterocycles. The van der Waals surface area contributed by atoms with Gasteiger partial charge in [0, 0.05) is 15.0 Å². The van der Waals surface area contributed by atoms with E-state index in [-0.39, 0.29) is 0 Å². The standard InChI is InChI=1S/C31H26Si/c1-3-10-24-27-29-25-18(2)31(32-24)30(27)26(28(25)29)23-16-21(19-11-6-4-7-12-19)15-22(17-23)20-13-8-5-9-14-20/h4-9,11-17,24,29,32H,3,10H2,1-2H3. The van der Waals surface area contributed by atoms with Gasteiger partial charge >= 0.3 is 0 Å². The van der Waals surface area contributed by atoms with Gasteiger partial charge < -0.3 is 0 Å². The molecule has 0 nitrogen and oxygen atoms in total. The van der Waals surface area contributed by atoms with Gasteiger partial charge in [-0.25, -0.2) is 0 Å². The van der Waals surface area contributed by atoms with Crippen LogP contribution in [0.4, 0.5) is 0 Å². The van der Waals surface area contributed by atoms with E-state index in [1.54, 1.807) is 32.3 Å². The molecule has 0 spiro atoms. The van der Waals surface area contributed by atoms with Crippen molar-refractivity contribution >= 4 is 14.7 Å². The fraction of sp³-hybridized carbons (Fsp3) is 0.194. The zero-order chi connectivity index (χ0) is 21.4. The average Bonchev–Trinajstić information content (AvgIpc) is 3.36. The quantitative estimate of drug-likeness (QED) is 0.305. The van der Waals surface area contributed by atoms with Crippen LogP contribution in [0.3, 0.4) is 0 Å². The van der Waals surface area contributed by atoms with Crippen LogP contribution in [0.1, 0.15) is 42.4 Å². The van der Waals surface area contributed by atoms with E-state index in [2.05, 4.69) is 92.7 Å². The zero-order valence-electron chi connectivity index (χ0n) is 18.7. The molecule has 0 aromatic heterocycles. The molecule has 2 atom stereocenters. The highest BCUT2D eigenvalue weighted by molar-refractivity contribution is 6.37. The van der Waals surface area contributed by atoms with E-state index in [0.717, 1.165) is 5.54 Å². The number of rotatable bonds is 5. The first-order chi connectivity index (χ1) is 15.8. The predicted molar refractivity (Wildman–Crippen MR) is 137 cm³/mol. The van der Waals surface area contributed by atoms with Crippen molar-refractivity contribution in [1.29, 1.82) is 0 Å². The van der Waals surface area contributed by atoms with Crippen LogP contribution in [-0.2, 0) is 0 Å². The van der Waals surface area contributed by atoms with Crippen LogP contribution in [0, 0.1) is 11.7 Å². The third-order valence-electron chi connectivity index (χ3n) is 7.78. The first-order valence-electron chi connectivity index (χ1n) is 11.9. The van der Waals surface area contributed by atoms with Crippen molar-refractivity contribution in [3.63, 3.8) is 0 Å². The summed E-state index contributed by atoms with van der Waals surface area (Å²) in [7, 11) is 0.394. The Hall–Kier alpha value is -3.03. The Morgan fingerprint density at radius 2 is 1.31 bits per heavy atom. The van der Waals surface area contributed by atoms with Gasteiger partial charge in [-0.1, -0.05) is 74.0 Å². The maximum Gasteiger partial charge on any atom is 0.0326 e. The van der Waals surface area contributed by atoms with Crippen LogP contribution < -0.4 is 5.22 Å². The third kappa shape index (κ3) is 2.46. The molecular formula is C31H26Si. The average molecular weight is 427 g/mol. The second-order valence-electron chi connectivity index (χ2n) is 9.60. The summed E-state index contributed by atoms with van der Waals surface area (Å²) < 4.78 is 0. The highest BCUT2D eigenvalue weighted by Crippen LogP contribution is 2.63. The Bertz CT molecular complexity index is 1470. The summed E-state index contributed by atoms with van der Waals surface area (Å²) in [5, 5.41) is 1.68. The molecule has 8 rings (SSSR count). The second kappa shape index (κ2) is 6.73. The minimum atomic E-state index is 0.394. The highest BCUT2D eigenvalue weighted by Gasteiger charge is 2.50. The van der Waals surface area contributed by atoms with Crippen LogP contribution in [0.15, 0.2) is 78.9 Å². The Kier molecular flexibility index (Phi) is 3.90. The molecule has 0 saturated carbocycles. The lowest BCUT2D eigenvalue weighted by Crippen LogP contribution is -2.11. The SMILES string of the molecule is CCCC1[SiH]=c2c(C)c3c4c(-c5cc(-c6ccccc6)cc(-c6ccccc6)c5)c2=C1C34. The second-order valence-corrected chi connectivity index (χ2v) is 11.3. The largest absolute Gasteiger partial charge is 0.0654 e. The van der Waals surface area contributed by atoms with Crippen LogP contribution >= 0.6 is 0 Å². The molecule has 4 aromatic rings. The van der Waals surface area contributed by atoms with E-state index in [1.807, 2.05) is 5.57 Å². The van der Waals surface area contributed by atoms with Crippen LogP contribution in [0.2, 0.25) is 5.54 Å². The minimum Gasteiger partial charge on any atom is -0.0654 e. The molecule has 154 valence electrons. The van der Waals surface area contributed by atoms with Crippen LogP contribution in [0.25, 0.3) is 39.0 Å². The molecule has 32 heavy (non-hydrogen) atoms. The van der Waals surface area contributed by atoms with Crippen LogP contribution in [-0.4, -0.2) is 9.13 Å². The van der Waals surface area contributed by atoms with E-state index in [0.29, 0.717) is 15.0 Å². The van der Waals surface area contributed by atoms with E-state index in [1.165, 1.54) is 40.7 Å². The van der Waals surface area contributed by atoms with Crippen molar-refractivity contribution in [2.24, 2.45) is 0 Å². The van der Waals surface area contributed by atoms with Crippen molar-refractivity contribution in [1.82, 2.24) is 0 Å². The van der Waals surface area contributed by atoms with Gasteiger partial charge in [0.25, 0.3) is 0 Å². The van der Waals surface area contributed by atoms with Crippen LogP contribution in [0.5, 0.6) is 0 Å². The molecule has 6 bridgehead atoms. The van der Waals surface area contributed by atoms with E-state index in [9.17, 15) is 0 Å². The van der Waals surface area contributed by atoms with Crippen molar-refractivity contribution in [3.05, 3.63) is 106 Å². The minimum absolute atomic E-state index is 0.394. The molecule has 1 heterocycles. The van der Waals surface area contributed by atoms with Gasteiger partial charge in [0.2, 0.25) is 0 Å². The zero-order valence-corrected chi connectivity index (χ0v) is 19.8. The van der Waals surface area contributed by atoms with Crippen molar-refractivity contribution in [3.8, 4) is 33.4 Å². The third-order valence-corrected chi connectivity index (χ3v) is 9.93. The number of hydrogen-bond acceptors (Lipinski definition) is 0. The predicted octanol–water partition coefficient (Wildman–Crippen LogP) is 6.90. The summed E-state index contributed by atoms with van der Waals surface area (Å²) in [4.78, 5) is 1.74. The summed E-state index contributed by atoms with van der Waals surface area (Å²) >= 11 is 0. The fourth-order valence-electron chi connectivity index (χ4n) is 6.39. The van der Waals surface area contributed by atoms with Gasteiger partial charge in [-0.05, 0) is 103 Å². The lowest BCUT2D eigenvalue weighted by molar-refractivity contribution is 0.810. The Balaban J connectivity index is 1.50. The summed E-state index contributed by atoms with van der Waals surface area (Å²) in [6, 6.07) is 29.0. The van der Waals surface area contributed by atoms with Gasteiger partial charge in [0.15, 0.2) is 0 Å². The molecule has 0 fully saturated rings. The topological polar surface area (TPSA) is 0 Å². The van der Waals surface area contributed by atoms with Gasteiger partial charge in [0.1, 0.15) is 0 Å². The monoisotopic (exact) mass is 426 g/mol. The lowest BCUT2D eigenvalue weighted by atomic mass is 9.91. The van der Waals surface area contributed by atoms with Crippen molar-refractivity contribution in [2.45, 2.75) is 38.1 Å². The first-order valence-corrected chi connectivity index (χ1v) is 13.2. The van der Waals surface area contributed by atoms with E-state index < -0.39 is 0 Å². The summed E-state index contributed by atoms with van der Waals surface area (Å²) in [5.41, 5.74) is 15.9. The molecule has 0 amide bonds. The molecule has 2 unspecified atom stereocenters. The molecule has 4 aliphatic rings. The molecule has 0 N–H and O–H groups in total. The van der Waals surface area contributed by atoms with Crippen molar-refractivity contribution in [2.75, 3.05) is 0 Å². The van der Waals surface area contributed by atoms with Gasteiger partial charge in [-0.15, -0.1) is 0 Å². The molecule has 4 aromatic carbocycles. The number of benzene rings is 4. The fourth-order valence-corrected chi connectivity index (χ4v) is 8.72. The maximum atomic E-state index is 2.45. The summed E-state index contributed by atoms with van der Waals surface area (Å²) in [6.45, 7) is 4.75. The Morgan fingerprint density at radius 3 is 1.91 bits per heavy atom. The van der Waals surface area contributed by atoms with Gasteiger partial charge in [0.05, 0.1) is 0 Å². The summed E-state index contributed by atoms with van der Waals surface area (Å²) in [5.74, 6) is 0.677. The molecular weight excluding hydrogens is 400 g/mol. The van der Waals surface area contributed by atoms with E-state index in [4.69, 9.17) is 0 Å². The van der Waals surface area contributed by atoms with Gasteiger partial charge in [-0.3, -0.25) is 0 Å². The normalized spacial score (nSPS) is 18.8. The van der Waals surface area contributed by atoms with Gasteiger partial charge in [-0.2, -0.15) is 0 Å². The molecule has 1 heteroatoms. The first kappa shape index (κ1) is 18.5. The Morgan fingerprint density at radius 1 is 0.719 bits per heavy atom. The molecule has 0 saturated heterocycles. The summed E-state index contributed by atoms with van der Waals surface area (Å²) in [6.07, 6.45) is 2.67. The highest BCUT2D eigenvalue weighted by atomic mass is 28.2. The number of hydrogen-bond donors (Lipinski definition) is 0. The smallest absolute Gasteiger partial charge is 0.0326 e. The molecule has 0 radical (unpaired) electrons.